The van der Waals surface area contributed by atoms with Crippen molar-refractivity contribution in [3.8, 4) is 0 Å². The van der Waals surface area contributed by atoms with Crippen LogP contribution in [0, 0.1) is 6.92 Å². The van der Waals surface area contributed by atoms with Crippen molar-refractivity contribution in [3.05, 3.63) is 37.3 Å². The highest BCUT2D eigenvalue weighted by atomic mass is 32.2. The quantitative estimate of drug-likeness (QED) is 0.418. The third-order valence-corrected chi connectivity index (χ3v) is 2.33. The van der Waals surface area contributed by atoms with Gasteiger partial charge in [-0.05, 0) is 12.1 Å². The van der Waals surface area contributed by atoms with Gasteiger partial charge in [0.25, 0.3) is 0 Å². The molecule has 0 spiro atoms. The molecule has 1 rings (SSSR count). The van der Waals surface area contributed by atoms with E-state index in [1.807, 2.05) is 30.3 Å². The number of carbonyl (C=O) groups excluding carboxylic acids is 1. The Hall–Kier alpha value is -0.960. The molecule has 1 radical (unpaired) electrons. The van der Waals surface area contributed by atoms with Crippen LogP contribution in [-0.4, -0.2) is 18.3 Å². The maximum atomic E-state index is 10.3. The van der Waals surface area contributed by atoms with Crippen molar-refractivity contribution in [2.24, 2.45) is 0 Å². The second-order valence-corrected chi connectivity index (χ2v) is 3.55. The third-order valence-electron chi connectivity index (χ3n) is 1.36. The van der Waals surface area contributed by atoms with Gasteiger partial charge in [0.15, 0.2) is 0 Å². The predicted molar refractivity (Wildman–Crippen MR) is 53.5 cm³/mol. The van der Waals surface area contributed by atoms with E-state index >= 15 is 0 Å². The molecule has 0 saturated heterocycles. The summed E-state index contributed by atoms with van der Waals surface area (Å²) in [5.41, 5.74) is 0. The highest BCUT2D eigenvalue weighted by Gasteiger charge is 1.94. The van der Waals surface area contributed by atoms with Crippen molar-refractivity contribution in [1.29, 1.82) is 0 Å². The van der Waals surface area contributed by atoms with Gasteiger partial charge in [0.05, 0.1) is 6.92 Å². The van der Waals surface area contributed by atoms with Crippen LogP contribution < -0.4 is 0 Å². The number of carbonyl (C=O) groups is 1. The molecule has 0 saturated carbocycles. The average molecular weight is 195 g/mol. The van der Waals surface area contributed by atoms with Gasteiger partial charge >= 0.3 is 5.97 Å². The lowest BCUT2D eigenvalue weighted by atomic mass is 10.4. The van der Waals surface area contributed by atoms with Gasteiger partial charge in [0.1, 0.15) is 6.61 Å². The first kappa shape index (κ1) is 10.1. The summed E-state index contributed by atoms with van der Waals surface area (Å²) < 4.78 is 4.69. The third kappa shape index (κ3) is 4.58. The fourth-order valence-electron chi connectivity index (χ4n) is 0.832. The molecule has 0 aliphatic rings. The van der Waals surface area contributed by atoms with Crippen molar-refractivity contribution in [1.82, 2.24) is 0 Å². The van der Waals surface area contributed by atoms with E-state index in [9.17, 15) is 4.79 Å². The zero-order valence-electron chi connectivity index (χ0n) is 7.23. The van der Waals surface area contributed by atoms with Gasteiger partial charge in [-0.25, -0.2) is 0 Å². The van der Waals surface area contributed by atoms with Crippen LogP contribution in [-0.2, 0) is 9.53 Å². The van der Waals surface area contributed by atoms with E-state index in [2.05, 4.69) is 6.92 Å². The second kappa shape index (κ2) is 5.65. The van der Waals surface area contributed by atoms with Crippen molar-refractivity contribution in [3.63, 3.8) is 0 Å². The minimum Gasteiger partial charge on any atom is -0.465 e. The van der Waals surface area contributed by atoms with E-state index in [0.29, 0.717) is 6.61 Å². The first-order valence-corrected chi connectivity index (χ1v) is 4.94. The van der Waals surface area contributed by atoms with E-state index < -0.39 is 5.97 Å². The van der Waals surface area contributed by atoms with E-state index in [4.69, 9.17) is 4.74 Å². The van der Waals surface area contributed by atoms with Crippen LogP contribution in [0.5, 0.6) is 0 Å². The van der Waals surface area contributed by atoms with E-state index in [1.165, 1.54) is 4.90 Å². The largest absolute Gasteiger partial charge is 0.465 e. The summed E-state index contributed by atoms with van der Waals surface area (Å²) >= 11 is 1.66. The smallest absolute Gasteiger partial charge is 0.306 e. The SMILES string of the molecule is [CH2]C(=O)OCCSc1ccccc1. The number of hydrogen-bond donors (Lipinski definition) is 0. The van der Waals surface area contributed by atoms with Crippen molar-refractivity contribution in [2.45, 2.75) is 4.90 Å². The topological polar surface area (TPSA) is 26.3 Å². The molecule has 0 aliphatic heterocycles. The van der Waals surface area contributed by atoms with Gasteiger partial charge in [-0.15, -0.1) is 11.8 Å². The molecule has 3 heteroatoms. The number of benzene rings is 1. The molecule has 69 valence electrons. The Morgan fingerprint density at radius 3 is 2.69 bits per heavy atom. The first-order chi connectivity index (χ1) is 6.29. The van der Waals surface area contributed by atoms with Gasteiger partial charge in [0.2, 0.25) is 0 Å². The van der Waals surface area contributed by atoms with E-state index in [1.54, 1.807) is 11.8 Å². The highest BCUT2D eigenvalue weighted by molar-refractivity contribution is 7.99. The lowest BCUT2D eigenvalue weighted by Gasteiger charge is -2.01. The summed E-state index contributed by atoms with van der Waals surface area (Å²) in [5, 5.41) is 0. The Labute approximate surface area is 82.3 Å². The molecule has 0 amide bonds. The number of esters is 1. The zero-order valence-corrected chi connectivity index (χ0v) is 8.05. The summed E-state index contributed by atoms with van der Waals surface area (Å²) in [7, 11) is 0. The summed E-state index contributed by atoms with van der Waals surface area (Å²) in [6, 6.07) is 9.98. The molecule has 0 aromatic heterocycles. The lowest BCUT2D eigenvalue weighted by Crippen LogP contribution is -2.02. The van der Waals surface area contributed by atoms with Crippen LogP contribution in [0.25, 0.3) is 0 Å². The Morgan fingerprint density at radius 1 is 1.38 bits per heavy atom. The van der Waals surface area contributed by atoms with Crippen LogP contribution in [0.15, 0.2) is 35.2 Å². The molecule has 0 atom stereocenters. The molecule has 0 heterocycles. The second-order valence-electron chi connectivity index (χ2n) is 2.38. The molecule has 1 aromatic rings. The van der Waals surface area contributed by atoms with Crippen molar-refractivity contribution >= 4 is 17.7 Å². The lowest BCUT2D eigenvalue weighted by molar-refractivity contribution is -0.137. The van der Waals surface area contributed by atoms with Crippen LogP contribution >= 0.6 is 11.8 Å². The molecule has 13 heavy (non-hydrogen) atoms. The molecule has 0 fully saturated rings. The van der Waals surface area contributed by atoms with Crippen molar-refractivity contribution < 1.29 is 9.53 Å². The van der Waals surface area contributed by atoms with Crippen LogP contribution in [0.4, 0.5) is 0 Å². The maximum absolute atomic E-state index is 10.3. The predicted octanol–water partition coefficient (Wildman–Crippen LogP) is 2.16. The van der Waals surface area contributed by atoms with Crippen molar-refractivity contribution in [2.75, 3.05) is 12.4 Å². The molecule has 1 aromatic carbocycles. The molecule has 0 bridgehead atoms. The first-order valence-electron chi connectivity index (χ1n) is 3.95. The molecular weight excluding hydrogens is 184 g/mol. The normalized spacial score (nSPS) is 9.62. The minimum absolute atomic E-state index is 0.419. The zero-order chi connectivity index (χ0) is 9.52. The van der Waals surface area contributed by atoms with Crippen LogP contribution in [0.3, 0.4) is 0 Å². The number of rotatable bonds is 4. The fraction of sp³-hybridized carbons (Fsp3) is 0.200. The van der Waals surface area contributed by atoms with E-state index in [-0.39, 0.29) is 0 Å². The van der Waals surface area contributed by atoms with Gasteiger partial charge in [0, 0.05) is 10.6 Å². The number of thioether (sulfide) groups is 1. The Kier molecular flexibility index (Phi) is 4.40. The van der Waals surface area contributed by atoms with Gasteiger partial charge in [-0.2, -0.15) is 0 Å². The summed E-state index contributed by atoms with van der Waals surface area (Å²) in [4.78, 5) is 11.5. The molecule has 2 nitrogen and oxygen atoms in total. The standard InChI is InChI=1S/C10H11O2S/c1-9(11)12-7-8-13-10-5-3-2-4-6-10/h2-6H,1,7-8H2. The van der Waals surface area contributed by atoms with Gasteiger partial charge in [-0.1, -0.05) is 18.2 Å². The van der Waals surface area contributed by atoms with Gasteiger partial charge < -0.3 is 4.74 Å². The minimum atomic E-state index is -0.464. The summed E-state index contributed by atoms with van der Waals surface area (Å²) in [6.45, 7) is 3.53. The number of hydrogen-bond acceptors (Lipinski definition) is 3. The molecule has 0 aliphatic carbocycles. The van der Waals surface area contributed by atoms with Crippen LogP contribution in [0.1, 0.15) is 0 Å². The van der Waals surface area contributed by atoms with Crippen LogP contribution in [0.2, 0.25) is 0 Å². The Balaban J connectivity index is 2.17. The van der Waals surface area contributed by atoms with E-state index in [0.717, 1.165) is 5.75 Å². The average Bonchev–Trinajstić information content (AvgIpc) is 2.14. The molecule has 0 unspecified atom stereocenters. The summed E-state index contributed by atoms with van der Waals surface area (Å²) in [5.74, 6) is 0.305. The molecule has 0 N–H and O–H groups in total. The Bertz CT molecular complexity index is 259. The fourth-order valence-corrected chi connectivity index (χ4v) is 1.58. The Morgan fingerprint density at radius 2 is 2.08 bits per heavy atom. The number of ether oxygens (including phenoxy) is 1. The highest BCUT2D eigenvalue weighted by Crippen LogP contribution is 2.16. The maximum Gasteiger partial charge on any atom is 0.306 e. The van der Waals surface area contributed by atoms with Gasteiger partial charge in [-0.3, -0.25) is 4.79 Å². The summed E-state index contributed by atoms with van der Waals surface area (Å²) in [6.07, 6.45) is 0. The molecular formula is C10H11O2S. The monoisotopic (exact) mass is 195 g/mol.